The molecule has 0 aliphatic carbocycles. The summed E-state index contributed by atoms with van der Waals surface area (Å²) in [5, 5.41) is 11.8. The van der Waals surface area contributed by atoms with Gasteiger partial charge in [-0.1, -0.05) is 5.16 Å². The van der Waals surface area contributed by atoms with Gasteiger partial charge >= 0.3 is 0 Å². The van der Waals surface area contributed by atoms with E-state index >= 15 is 0 Å². The monoisotopic (exact) mass is 177 g/mol. The van der Waals surface area contributed by atoms with Crippen LogP contribution in [0.5, 0.6) is 0 Å². The molecule has 4 heteroatoms. The van der Waals surface area contributed by atoms with E-state index in [9.17, 15) is 0 Å². The lowest BCUT2D eigenvalue weighted by Crippen LogP contribution is -1.99. The van der Waals surface area contributed by atoms with E-state index in [1.807, 2.05) is 0 Å². The Bertz CT molecular complexity index is 350. The number of oxime groups is 1. The molecule has 0 radical (unpaired) electrons. The number of hydrogen-bond acceptors (Lipinski definition) is 4. The highest BCUT2D eigenvalue weighted by atomic mass is 16.4. The first kappa shape index (κ1) is 7.67. The van der Waals surface area contributed by atoms with Crippen LogP contribution in [0, 0.1) is 0 Å². The van der Waals surface area contributed by atoms with Crippen molar-refractivity contribution < 1.29 is 14.0 Å². The minimum atomic E-state index is 0.287. The Hall–Kier alpha value is -1.97. The fraction of sp³-hybridized carbons (Fsp3) is 0. The van der Waals surface area contributed by atoms with E-state index in [0.717, 1.165) is 0 Å². The van der Waals surface area contributed by atoms with Gasteiger partial charge in [0.1, 0.15) is 0 Å². The molecule has 0 saturated heterocycles. The van der Waals surface area contributed by atoms with Crippen LogP contribution in [0.3, 0.4) is 0 Å². The predicted molar refractivity (Wildman–Crippen MR) is 44.8 cm³/mol. The minimum absolute atomic E-state index is 0.287. The maximum atomic E-state index is 8.74. The van der Waals surface area contributed by atoms with Crippen LogP contribution >= 0.6 is 0 Å². The number of nitrogens with zero attached hydrogens (tertiary/aromatic N) is 1. The second-order valence-corrected chi connectivity index (χ2v) is 2.40. The smallest absolute Gasteiger partial charge is 0.187 e. The van der Waals surface area contributed by atoms with Crippen molar-refractivity contribution >= 4 is 5.71 Å². The summed E-state index contributed by atoms with van der Waals surface area (Å²) in [6.07, 6.45) is 3.01. The lowest BCUT2D eigenvalue weighted by molar-refractivity contribution is 0.317. The van der Waals surface area contributed by atoms with Crippen molar-refractivity contribution in [1.29, 1.82) is 0 Å². The summed E-state index contributed by atoms with van der Waals surface area (Å²) in [6.45, 7) is 0. The molecule has 1 N–H and O–H groups in total. The van der Waals surface area contributed by atoms with E-state index in [1.54, 1.807) is 24.3 Å². The summed E-state index contributed by atoms with van der Waals surface area (Å²) in [6, 6.07) is 6.81. The van der Waals surface area contributed by atoms with Gasteiger partial charge in [-0.05, 0) is 24.3 Å². The maximum absolute atomic E-state index is 8.74. The third-order valence-corrected chi connectivity index (χ3v) is 1.61. The first-order valence-corrected chi connectivity index (χ1v) is 3.71. The Morgan fingerprint density at radius 3 is 1.92 bits per heavy atom. The molecule has 2 heterocycles. The molecule has 0 bridgehead atoms. The third-order valence-electron chi connectivity index (χ3n) is 1.61. The molecule has 2 aromatic rings. The van der Waals surface area contributed by atoms with Gasteiger partial charge in [0.2, 0.25) is 0 Å². The Kier molecular flexibility index (Phi) is 1.88. The lowest BCUT2D eigenvalue weighted by atomic mass is 10.2. The number of furan rings is 2. The van der Waals surface area contributed by atoms with Gasteiger partial charge in [-0.3, -0.25) is 0 Å². The van der Waals surface area contributed by atoms with Crippen LogP contribution in [0.2, 0.25) is 0 Å². The van der Waals surface area contributed by atoms with Crippen LogP contribution in [-0.2, 0) is 0 Å². The van der Waals surface area contributed by atoms with E-state index in [1.165, 1.54) is 12.5 Å². The molecule has 0 aliphatic heterocycles. The molecule has 0 fully saturated rings. The molecule has 4 nitrogen and oxygen atoms in total. The average Bonchev–Trinajstić information content (AvgIpc) is 2.76. The van der Waals surface area contributed by atoms with E-state index < -0.39 is 0 Å². The molecule has 13 heavy (non-hydrogen) atoms. The SMILES string of the molecule is ON=C(c1ccco1)c1ccco1. The first-order valence-electron chi connectivity index (χ1n) is 3.71. The molecule has 0 unspecified atom stereocenters. The maximum Gasteiger partial charge on any atom is 0.187 e. The highest BCUT2D eigenvalue weighted by molar-refractivity contribution is 6.08. The molecule has 2 rings (SSSR count). The largest absolute Gasteiger partial charge is 0.462 e. The minimum Gasteiger partial charge on any atom is -0.462 e. The van der Waals surface area contributed by atoms with Crippen LogP contribution in [-0.4, -0.2) is 10.9 Å². The molecule has 2 aromatic heterocycles. The van der Waals surface area contributed by atoms with E-state index in [4.69, 9.17) is 14.0 Å². The van der Waals surface area contributed by atoms with Gasteiger partial charge in [0.15, 0.2) is 17.2 Å². The standard InChI is InChI=1S/C9H7NO3/c11-10-9(7-3-1-5-12-7)8-4-2-6-13-8/h1-6,11H. The Balaban J connectivity index is 2.42. The zero-order valence-corrected chi connectivity index (χ0v) is 6.68. The molecule has 0 aliphatic rings. The summed E-state index contributed by atoms with van der Waals surface area (Å²) in [7, 11) is 0. The topological polar surface area (TPSA) is 58.9 Å². The first-order chi connectivity index (χ1) is 6.42. The molecule has 0 saturated carbocycles. The lowest BCUT2D eigenvalue weighted by Gasteiger charge is -1.94. The average molecular weight is 177 g/mol. The van der Waals surface area contributed by atoms with Crippen LogP contribution in [0.4, 0.5) is 0 Å². The van der Waals surface area contributed by atoms with Gasteiger partial charge in [0, 0.05) is 0 Å². The number of hydrogen-bond donors (Lipinski definition) is 1. The second-order valence-electron chi connectivity index (χ2n) is 2.40. The normalized spacial score (nSPS) is 9.85. The molecule has 0 aromatic carbocycles. The highest BCUT2D eigenvalue weighted by Crippen LogP contribution is 2.11. The molecule has 0 atom stereocenters. The van der Waals surface area contributed by atoms with Crippen molar-refractivity contribution in [3.8, 4) is 0 Å². The fourth-order valence-corrected chi connectivity index (χ4v) is 1.05. The van der Waals surface area contributed by atoms with Gasteiger partial charge in [-0.15, -0.1) is 0 Å². The summed E-state index contributed by atoms with van der Waals surface area (Å²) >= 11 is 0. The van der Waals surface area contributed by atoms with Gasteiger partial charge < -0.3 is 14.0 Å². The molecular formula is C9H7NO3. The van der Waals surface area contributed by atoms with Crippen LogP contribution in [0.15, 0.2) is 50.8 Å². The van der Waals surface area contributed by atoms with E-state index in [-0.39, 0.29) is 5.71 Å². The van der Waals surface area contributed by atoms with Crippen molar-refractivity contribution in [3.63, 3.8) is 0 Å². The zero-order chi connectivity index (χ0) is 9.10. The fourth-order valence-electron chi connectivity index (χ4n) is 1.05. The summed E-state index contributed by atoms with van der Waals surface area (Å²) in [5.74, 6) is 0.940. The van der Waals surface area contributed by atoms with Crippen molar-refractivity contribution in [2.45, 2.75) is 0 Å². The second kappa shape index (κ2) is 3.18. The van der Waals surface area contributed by atoms with Gasteiger partial charge in [0.05, 0.1) is 12.5 Å². The van der Waals surface area contributed by atoms with Crippen molar-refractivity contribution in [2.75, 3.05) is 0 Å². The zero-order valence-electron chi connectivity index (χ0n) is 6.68. The third kappa shape index (κ3) is 1.33. The van der Waals surface area contributed by atoms with Gasteiger partial charge in [0.25, 0.3) is 0 Å². The van der Waals surface area contributed by atoms with Gasteiger partial charge in [-0.2, -0.15) is 0 Å². The summed E-state index contributed by atoms with van der Waals surface area (Å²) < 4.78 is 10.1. The Labute approximate surface area is 74.1 Å². The molecule has 66 valence electrons. The Morgan fingerprint density at radius 2 is 1.62 bits per heavy atom. The van der Waals surface area contributed by atoms with Gasteiger partial charge in [-0.25, -0.2) is 0 Å². The van der Waals surface area contributed by atoms with Crippen LogP contribution < -0.4 is 0 Å². The predicted octanol–water partition coefficient (Wildman–Crippen LogP) is 2.10. The molecular weight excluding hydrogens is 170 g/mol. The Morgan fingerprint density at radius 1 is 1.08 bits per heavy atom. The van der Waals surface area contributed by atoms with Crippen molar-refractivity contribution in [2.24, 2.45) is 5.16 Å². The highest BCUT2D eigenvalue weighted by Gasteiger charge is 2.12. The molecule has 0 amide bonds. The summed E-state index contributed by atoms with van der Waals surface area (Å²) in [4.78, 5) is 0. The number of rotatable bonds is 2. The van der Waals surface area contributed by atoms with Crippen LogP contribution in [0.25, 0.3) is 0 Å². The van der Waals surface area contributed by atoms with Crippen molar-refractivity contribution in [3.05, 3.63) is 48.3 Å². The van der Waals surface area contributed by atoms with Crippen molar-refractivity contribution in [1.82, 2.24) is 0 Å². The molecule has 0 spiro atoms. The quantitative estimate of drug-likeness (QED) is 0.434. The summed E-state index contributed by atoms with van der Waals surface area (Å²) in [5.41, 5.74) is 0.287. The van der Waals surface area contributed by atoms with E-state index in [0.29, 0.717) is 11.5 Å². The van der Waals surface area contributed by atoms with Crippen LogP contribution in [0.1, 0.15) is 11.5 Å². The van der Waals surface area contributed by atoms with E-state index in [2.05, 4.69) is 5.16 Å².